The van der Waals surface area contributed by atoms with Crippen LogP contribution >= 0.6 is 0 Å². The van der Waals surface area contributed by atoms with Crippen molar-refractivity contribution >= 4 is 21.8 Å². The number of aromatic nitrogens is 2. The molecule has 0 spiro atoms. The van der Waals surface area contributed by atoms with E-state index in [1.807, 2.05) is 74.5 Å². The van der Waals surface area contributed by atoms with Crippen molar-refractivity contribution in [2.75, 3.05) is 0 Å². The van der Waals surface area contributed by atoms with Crippen LogP contribution in [0.25, 0.3) is 32.9 Å². The lowest BCUT2D eigenvalue weighted by Gasteiger charge is -1.99. The molecule has 2 aromatic heterocycles. The molecular formula is C32H28N2O2. The van der Waals surface area contributed by atoms with Gasteiger partial charge in [0.15, 0.2) is 0 Å². The lowest BCUT2D eigenvalue weighted by Crippen LogP contribution is -1.82. The second-order valence-electron chi connectivity index (χ2n) is 8.34. The van der Waals surface area contributed by atoms with E-state index in [0.29, 0.717) is 11.0 Å². The third kappa shape index (κ3) is 6.24. The molecule has 0 unspecified atom stereocenters. The molecule has 0 radical (unpaired) electrons. The summed E-state index contributed by atoms with van der Waals surface area (Å²) in [6.45, 7) is 3.82. The number of aryl methyl sites for hydroxylation is 2. The second kappa shape index (κ2) is 11.6. The fourth-order valence-electron chi connectivity index (χ4n) is 3.72. The van der Waals surface area contributed by atoms with Gasteiger partial charge in [0.1, 0.15) is 22.5 Å². The number of phenolic OH excluding ortho intramolecular Hbond substituents is 2. The first-order chi connectivity index (χ1) is 17.5. The molecule has 0 fully saturated rings. The molecule has 6 rings (SSSR count). The Balaban J connectivity index is 0.000000127. The predicted octanol–water partition coefficient (Wildman–Crippen LogP) is 7.85. The highest BCUT2D eigenvalue weighted by molar-refractivity contribution is 5.84. The topological polar surface area (TPSA) is 66.2 Å². The Kier molecular flexibility index (Phi) is 7.89. The maximum absolute atomic E-state index is 9.43. The molecule has 178 valence electrons. The highest BCUT2D eigenvalue weighted by Gasteiger charge is 2.00. The first-order valence-corrected chi connectivity index (χ1v) is 11.7. The van der Waals surface area contributed by atoms with Gasteiger partial charge in [-0.05, 0) is 49.2 Å². The maximum Gasteiger partial charge on any atom is 0.141 e. The van der Waals surface area contributed by atoms with Crippen molar-refractivity contribution in [3.05, 3.63) is 133 Å². The van der Waals surface area contributed by atoms with Crippen molar-refractivity contribution in [3.8, 4) is 22.6 Å². The third-order valence-corrected chi connectivity index (χ3v) is 5.56. The molecule has 0 atom stereocenters. The van der Waals surface area contributed by atoms with Crippen molar-refractivity contribution in [1.82, 2.24) is 9.97 Å². The molecule has 2 N–H and O–H groups in total. The van der Waals surface area contributed by atoms with E-state index in [-0.39, 0.29) is 11.5 Å². The average Bonchev–Trinajstić information content (AvgIpc) is 2.92. The Labute approximate surface area is 211 Å². The minimum Gasteiger partial charge on any atom is -0.506 e. The van der Waals surface area contributed by atoms with Gasteiger partial charge in [-0.25, -0.2) is 9.97 Å². The summed E-state index contributed by atoms with van der Waals surface area (Å²) in [5.74, 6) is 0.493. The van der Waals surface area contributed by atoms with Gasteiger partial charge in [-0.3, -0.25) is 0 Å². The standard InChI is InChI=1S/C12H10.2C10H9NO/c1-3-7-11(8-4-1)12-9-5-2-6-10-12;2*1-7-5-6-8-3-2-4-9(12)10(8)11-7/h1-10H;2*2-6,12H,1H3. The van der Waals surface area contributed by atoms with Crippen molar-refractivity contribution in [2.45, 2.75) is 13.8 Å². The summed E-state index contributed by atoms with van der Waals surface area (Å²) < 4.78 is 0. The number of phenols is 2. The summed E-state index contributed by atoms with van der Waals surface area (Å²) in [6, 6.07) is 39.3. The van der Waals surface area contributed by atoms with Crippen LogP contribution in [0.3, 0.4) is 0 Å². The van der Waals surface area contributed by atoms with E-state index < -0.39 is 0 Å². The Hall–Kier alpha value is -4.70. The van der Waals surface area contributed by atoms with Gasteiger partial charge in [0, 0.05) is 22.2 Å². The van der Waals surface area contributed by atoms with Crippen LogP contribution in [0.2, 0.25) is 0 Å². The van der Waals surface area contributed by atoms with Gasteiger partial charge in [0.05, 0.1) is 0 Å². The molecule has 0 amide bonds. The van der Waals surface area contributed by atoms with Crippen molar-refractivity contribution in [2.24, 2.45) is 0 Å². The quantitative estimate of drug-likeness (QED) is 0.256. The summed E-state index contributed by atoms with van der Waals surface area (Å²) in [4.78, 5) is 8.45. The summed E-state index contributed by atoms with van der Waals surface area (Å²) >= 11 is 0. The first kappa shape index (κ1) is 24.4. The lowest BCUT2D eigenvalue weighted by atomic mass is 10.1. The maximum atomic E-state index is 9.43. The van der Waals surface area contributed by atoms with E-state index in [0.717, 1.165) is 22.2 Å². The van der Waals surface area contributed by atoms with E-state index in [9.17, 15) is 10.2 Å². The van der Waals surface area contributed by atoms with Gasteiger partial charge >= 0.3 is 0 Å². The van der Waals surface area contributed by atoms with Gasteiger partial charge in [-0.1, -0.05) is 97.1 Å². The number of para-hydroxylation sites is 2. The highest BCUT2D eigenvalue weighted by Crippen LogP contribution is 2.23. The molecule has 0 saturated carbocycles. The summed E-state index contributed by atoms with van der Waals surface area (Å²) in [5, 5.41) is 20.8. The molecule has 0 aliphatic heterocycles. The summed E-state index contributed by atoms with van der Waals surface area (Å²) in [7, 11) is 0. The van der Waals surface area contributed by atoms with E-state index in [2.05, 4.69) is 58.5 Å². The van der Waals surface area contributed by atoms with Crippen LogP contribution in [0.4, 0.5) is 0 Å². The Morgan fingerprint density at radius 1 is 0.417 bits per heavy atom. The van der Waals surface area contributed by atoms with Crippen LogP contribution < -0.4 is 0 Å². The zero-order chi connectivity index (χ0) is 25.3. The molecule has 2 heterocycles. The van der Waals surface area contributed by atoms with Crippen LogP contribution in [-0.2, 0) is 0 Å². The van der Waals surface area contributed by atoms with Gasteiger partial charge in [0.2, 0.25) is 0 Å². The van der Waals surface area contributed by atoms with E-state index in [1.165, 1.54) is 11.1 Å². The Bertz CT molecular complexity index is 1450. The van der Waals surface area contributed by atoms with Crippen molar-refractivity contribution < 1.29 is 10.2 Å². The fraction of sp³-hybridized carbons (Fsp3) is 0.0625. The molecule has 36 heavy (non-hydrogen) atoms. The van der Waals surface area contributed by atoms with Gasteiger partial charge < -0.3 is 10.2 Å². The molecule has 0 saturated heterocycles. The largest absolute Gasteiger partial charge is 0.506 e. The molecule has 0 aliphatic carbocycles. The molecule has 4 aromatic carbocycles. The number of benzene rings is 4. The zero-order valence-electron chi connectivity index (χ0n) is 20.3. The normalized spacial score (nSPS) is 10.2. The van der Waals surface area contributed by atoms with E-state index in [1.54, 1.807) is 12.1 Å². The summed E-state index contributed by atoms with van der Waals surface area (Å²) in [6.07, 6.45) is 0. The van der Waals surface area contributed by atoms with E-state index >= 15 is 0 Å². The number of pyridine rings is 2. The van der Waals surface area contributed by atoms with Gasteiger partial charge in [0.25, 0.3) is 0 Å². The van der Waals surface area contributed by atoms with Crippen LogP contribution in [0.1, 0.15) is 11.4 Å². The van der Waals surface area contributed by atoms with Crippen LogP contribution in [0.5, 0.6) is 11.5 Å². The van der Waals surface area contributed by atoms with Crippen molar-refractivity contribution in [1.29, 1.82) is 0 Å². The Morgan fingerprint density at radius 3 is 1.19 bits per heavy atom. The minimum absolute atomic E-state index is 0.246. The number of nitrogens with zero attached hydrogens (tertiary/aromatic N) is 2. The molecule has 0 bridgehead atoms. The molecular weight excluding hydrogens is 444 g/mol. The van der Waals surface area contributed by atoms with Crippen LogP contribution in [0, 0.1) is 13.8 Å². The van der Waals surface area contributed by atoms with Crippen LogP contribution in [0.15, 0.2) is 121 Å². The van der Waals surface area contributed by atoms with Gasteiger partial charge in [-0.15, -0.1) is 0 Å². The lowest BCUT2D eigenvalue weighted by molar-refractivity contribution is 0.480. The molecule has 4 heteroatoms. The molecule has 0 aliphatic rings. The Morgan fingerprint density at radius 2 is 0.806 bits per heavy atom. The number of fused-ring (bicyclic) bond motifs is 2. The summed E-state index contributed by atoms with van der Waals surface area (Å²) in [5.41, 5.74) is 5.75. The van der Waals surface area contributed by atoms with Crippen molar-refractivity contribution in [3.63, 3.8) is 0 Å². The zero-order valence-corrected chi connectivity index (χ0v) is 20.3. The molecule has 6 aromatic rings. The number of rotatable bonds is 1. The van der Waals surface area contributed by atoms with E-state index in [4.69, 9.17) is 0 Å². The number of hydrogen-bond donors (Lipinski definition) is 2. The highest BCUT2D eigenvalue weighted by atomic mass is 16.3. The SMILES string of the molecule is Cc1ccc2cccc(O)c2n1.Cc1ccc2cccc(O)c2n1.c1ccc(-c2ccccc2)cc1. The smallest absolute Gasteiger partial charge is 0.141 e. The number of aromatic hydroxyl groups is 2. The number of hydrogen-bond acceptors (Lipinski definition) is 4. The predicted molar refractivity (Wildman–Crippen MR) is 148 cm³/mol. The fourth-order valence-corrected chi connectivity index (χ4v) is 3.72. The first-order valence-electron chi connectivity index (χ1n) is 11.7. The average molecular weight is 473 g/mol. The second-order valence-corrected chi connectivity index (χ2v) is 8.34. The molecule has 4 nitrogen and oxygen atoms in total. The van der Waals surface area contributed by atoms with Crippen LogP contribution in [-0.4, -0.2) is 20.2 Å². The van der Waals surface area contributed by atoms with Gasteiger partial charge in [-0.2, -0.15) is 0 Å². The monoisotopic (exact) mass is 472 g/mol. The third-order valence-electron chi connectivity index (χ3n) is 5.56. The minimum atomic E-state index is 0.246.